The van der Waals surface area contributed by atoms with E-state index in [1.165, 1.54) is 5.56 Å². The average Bonchev–Trinajstić information content (AvgIpc) is 3.45. The second-order valence-electron chi connectivity index (χ2n) is 8.59. The minimum atomic E-state index is -0.00491. The summed E-state index contributed by atoms with van der Waals surface area (Å²) in [5, 5.41) is 8.04. The van der Waals surface area contributed by atoms with Gasteiger partial charge in [-0.3, -0.25) is 9.47 Å². The number of hydrogen-bond donors (Lipinski definition) is 0. The summed E-state index contributed by atoms with van der Waals surface area (Å²) in [6.45, 7) is 6.06. The zero-order chi connectivity index (χ0) is 22.6. The predicted molar refractivity (Wildman–Crippen MR) is 133 cm³/mol. The molecule has 1 aliphatic rings. The Morgan fingerprint density at radius 3 is 2.36 bits per heavy atom. The third kappa shape index (κ3) is 4.84. The topological polar surface area (TPSA) is 56.0 Å². The van der Waals surface area contributed by atoms with Crippen LogP contribution in [0.5, 0.6) is 0 Å². The Hall–Kier alpha value is -3.03. The van der Waals surface area contributed by atoms with Crippen molar-refractivity contribution in [2.75, 3.05) is 13.1 Å². The molecule has 0 N–H and O–H groups in total. The van der Waals surface area contributed by atoms with E-state index in [-0.39, 0.29) is 5.69 Å². The number of nitrogens with zero attached hydrogens (tertiary/aromatic N) is 5. The molecule has 0 aliphatic carbocycles. The number of likely N-dealkylation sites (tertiary alicyclic amines) is 1. The fraction of sp³-hybridized carbons (Fsp3) is 0.346. The van der Waals surface area contributed by atoms with Crippen LogP contribution in [0.1, 0.15) is 42.8 Å². The van der Waals surface area contributed by atoms with Crippen LogP contribution in [0.2, 0.25) is 0 Å². The fourth-order valence-corrected chi connectivity index (χ4v) is 5.40. The van der Waals surface area contributed by atoms with Crippen molar-refractivity contribution < 1.29 is 0 Å². The first-order valence-electron chi connectivity index (χ1n) is 11.6. The summed E-state index contributed by atoms with van der Waals surface area (Å²) in [7, 11) is 0. The van der Waals surface area contributed by atoms with E-state index in [2.05, 4.69) is 34.5 Å². The van der Waals surface area contributed by atoms with Gasteiger partial charge in [-0.05, 0) is 38.4 Å². The Kier molecular flexibility index (Phi) is 6.51. The number of thiazole rings is 1. The fourth-order valence-electron chi connectivity index (χ4n) is 4.59. The van der Waals surface area contributed by atoms with Gasteiger partial charge in [-0.2, -0.15) is 5.10 Å². The van der Waals surface area contributed by atoms with Crippen molar-refractivity contribution in [3.05, 3.63) is 93.6 Å². The molecule has 0 saturated carbocycles. The van der Waals surface area contributed by atoms with E-state index in [0.29, 0.717) is 19.0 Å². The van der Waals surface area contributed by atoms with Gasteiger partial charge in [0.05, 0.1) is 12.2 Å². The lowest BCUT2D eigenvalue weighted by Gasteiger charge is -2.30. The third-order valence-electron chi connectivity index (χ3n) is 6.35. The van der Waals surface area contributed by atoms with Gasteiger partial charge in [0.15, 0.2) is 0 Å². The largest absolute Gasteiger partial charge is 0.346 e. The minimum absolute atomic E-state index is 0.00491. The molecule has 2 aromatic heterocycles. The lowest BCUT2D eigenvalue weighted by Crippen LogP contribution is -2.34. The molecule has 3 heterocycles. The first-order valence-corrected chi connectivity index (χ1v) is 12.5. The van der Waals surface area contributed by atoms with Crippen LogP contribution in [0, 0.1) is 0 Å². The van der Waals surface area contributed by atoms with Crippen molar-refractivity contribution in [2.45, 2.75) is 45.3 Å². The Bertz CT molecular complexity index is 1240. The van der Waals surface area contributed by atoms with Gasteiger partial charge in [0.2, 0.25) is 0 Å². The van der Waals surface area contributed by atoms with Crippen molar-refractivity contribution in [1.82, 2.24) is 24.2 Å². The molecule has 0 radical (unpaired) electrons. The van der Waals surface area contributed by atoms with Crippen LogP contribution in [-0.2, 0) is 19.6 Å². The van der Waals surface area contributed by atoms with Crippen molar-refractivity contribution in [2.24, 2.45) is 0 Å². The first-order chi connectivity index (χ1) is 16.2. The number of hydrogen-bond acceptors (Lipinski definition) is 5. The van der Waals surface area contributed by atoms with Crippen LogP contribution in [-0.4, -0.2) is 37.3 Å². The lowest BCUT2D eigenvalue weighted by atomic mass is 9.96. The van der Waals surface area contributed by atoms with E-state index in [1.807, 2.05) is 47.9 Å². The van der Waals surface area contributed by atoms with E-state index < -0.39 is 0 Å². The van der Waals surface area contributed by atoms with Gasteiger partial charge in [0, 0.05) is 30.0 Å². The molecule has 2 aromatic carbocycles. The van der Waals surface area contributed by atoms with E-state index >= 15 is 0 Å². The monoisotopic (exact) mass is 459 g/mol. The molecule has 0 bridgehead atoms. The normalized spacial score (nSPS) is 15.2. The molecule has 6 nitrogen and oxygen atoms in total. The molecule has 7 heteroatoms. The molecule has 5 rings (SSSR count). The standard InChI is InChI=1S/C26H29N5OS/c1-2-30-24(28-31(26(30)32)17-20-9-5-3-6-10-20)21-13-15-29(16-14-21)18-23-19-33-25(27-23)22-11-7-4-8-12-22/h3-12,19,21H,2,13-18H2,1H3. The maximum Gasteiger partial charge on any atom is 0.346 e. The molecule has 1 fully saturated rings. The molecule has 33 heavy (non-hydrogen) atoms. The highest BCUT2D eigenvalue weighted by Crippen LogP contribution is 2.28. The van der Waals surface area contributed by atoms with Crippen LogP contribution in [0.4, 0.5) is 0 Å². The summed E-state index contributed by atoms with van der Waals surface area (Å²) in [4.78, 5) is 20.3. The molecule has 1 saturated heterocycles. The van der Waals surface area contributed by atoms with Gasteiger partial charge < -0.3 is 0 Å². The van der Waals surface area contributed by atoms with Crippen LogP contribution >= 0.6 is 11.3 Å². The molecule has 1 aliphatic heterocycles. The highest BCUT2D eigenvalue weighted by Gasteiger charge is 2.26. The molecule has 0 amide bonds. The summed E-state index contributed by atoms with van der Waals surface area (Å²) in [5.74, 6) is 1.26. The number of rotatable bonds is 7. The van der Waals surface area contributed by atoms with E-state index in [0.717, 1.165) is 54.6 Å². The maximum atomic E-state index is 12.9. The second kappa shape index (κ2) is 9.85. The van der Waals surface area contributed by atoms with E-state index in [9.17, 15) is 4.79 Å². The molecule has 4 aromatic rings. The number of benzene rings is 2. The Labute approximate surface area is 198 Å². The van der Waals surface area contributed by atoms with Crippen LogP contribution < -0.4 is 5.69 Å². The SMILES string of the molecule is CCn1c(C2CCN(Cc3csc(-c4ccccc4)n3)CC2)nn(Cc2ccccc2)c1=O. The van der Waals surface area contributed by atoms with Gasteiger partial charge in [0.25, 0.3) is 0 Å². The number of aromatic nitrogens is 4. The highest BCUT2D eigenvalue weighted by atomic mass is 32.1. The average molecular weight is 460 g/mol. The Balaban J connectivity index is 1.23. The van der Waals surface area contributed by atoms with Gasteiger partial charge in [-0.15, -0.1) is 11.3 Å². The second-order valence-corrected chi connectivity index (χ2v) is 9.45. The molecular weight excluding hydrogens is 430 g/mol. The maximum absolute atomic E-state index is 12.9. The van der Waals surface area contributed by atoms with Gasteiger partial charge >= 0.3 is 5.69 Å². The predicted octanol–water partition coefficient (Wildman–Crippen LogP) is 4.62. The van der Waals surface area contributed by atoms with E-state index in [1.54, 1.807) is 16.0 Å². The lowest BCUT2D eigenvalue weighted by molar-refractivity contribution is 0.198. The summed E-state index contributed by atoms with van der Waals surface area (Å²) in [5.41, 5.74) is 3.40. The zero-order valence-corrected chi connectivity index (χ0v) is 19.7. The Morgan fingerprint density at radius 2 is 1.67 bits per heavy atom. The number of piperidine rings is 1. The third-order valence-corrected chi connectivity index (χ3v) is 7.29. The smallest absolute Gasteiger partial charge is 0.297 e. The highest BCUT2D eigenvalue weighted by molar-refractivity contribution is 7.13. The summed E-state index contributed by atoms with van der Waals surface area (Å²) < 4.78 is 3.48. The van der Waals surface area contributed by atoms with Gasteiger partial charge in [-0.25, -0.2) is 14.5 Å². The quantitative estimate of drug-likeness (QED) is 0.405. The molecule has 170 valence electrons. The molecule has 0 atom stereocenters. The minimum Gasteiger partial charge on any atom is -0.297 e. The summed E-state index contributed by atoms with van der Waals surface area (Å²) in [6, 6.07) is 20.4. The van der Waals surface area contributed by atoms with Crippen molar-refractivity contribution in [1.29, 1.82) is 0 Å². The van der Waals surface area contributed by atoms with Crippen LogP contribution in [0.3, 0.4) is 0 Å². The van der Waals surface area contributed by atoms with Crippen LogP contribution in [0.25, 0.3) is 10.6 Å². The van der Waals surface area contributed by atoms with Crippen molar-refractivity contribution >= 4 is 11.3 Å². The van der Waals surface area contributed by atoms with Crippen molar-refractivity contribution in [3.63, 3.8) is 0 Å². The molecular formula is C26H29N5OS. The Morgan fingerprint density at radius 1 is 0.970 bits per heavy atom. The van der Waals surface area contributed by atoms with E-state index in [4.69, 9.17) is 10.1 Å². The van der Waals surface area contributed by atoms with Gasteiger partial charge in [0.1, 0.15) is 10.8 Å². The summed E-state index contributed by atoms with van der Waals surface area (Å²) >= 11 is 1.71. The summed E-state index contributed by atoms with van der Waals surface area (Å²) in [6.07, 6.45) is 2.02. The van der Waals surface area contributed by atoms with Crippen molar-refractivity contribution in [3.8, 4) is 10.6 Å². The van der Waals surface area contributed by atoms with Gasteiger partial charge in [-0.1, -0.05) is 60.7 Å². The first kappa shape index (κ1) is 21.8. The molecule has 0 spiro atoms. The van der Waals surface area contributed by atoms with Crippen LogP contribution in [0.15, 0.2) is 70.8 Å². The zero-order valence-electron chi connectivity index (χ0n) is 18.9. The molecule has 0 unspecified atom stereocenters.